The fourth-order valence-corrected chi connectivity index (χ4v) is 4.28. The Hall–Kier alpha value is -1.84. The highest BCUT2D eigenvalue weighted by Crippen LogP contribution is 2.39. The maximum absolute atomic E-state index is 13.0. The molecule has 1 aromatic carbocycles. The number of hydrogen-bond donors (Lipinski definition) is 0. The minimum absolute atomic E-state index is 0.00934. The fourth-order valence-electron chi connectivity index (χ4n) is 4.28. The predicted molar refractivity (Wildman–Crippen MR) is 97.7 cm³/mol. The largest absolute Gasteiger partial charge is 0.444 e. The van der Waals surface area contributed by atoms with Gasteiger partial charge in [-0.15, -0.1) is 0 Å². The Morgan fingerprint density at radius 3 is 2.24 bits per heavy atom. The number of piperidine rings is 2. The molecule has 1 aromatic rings. The molecule has 1 amide bonds. The van der Waals surface area contributed by atoms with E-state index in [1.165, 1.54) is 0 Å². The van der Waals surface area contributed by atoms with Crippen LogP contribution in [0.3, 0.4) is 0 Å². The molecule has 0 saturated carbocycles. The number of rotatable bonds is 2. The van der Waals surface area contributed by atoms with Crippen LogP contribution in [-0.2, 0) is 4.74 Å². The number of hydrogen-bond acceptors (Lipinski definition) is 3. The van der Waals surface area contributed by atoms with Crippen molar-refractivity contribution >= 4 is 11.9 Å². The Morgan fingerprint density at radius 2 is 1.68 bits per heavy atom. The van der Waals surface area contributed by atoms with E-state index in [4.69, 9.17) is 4.74 Å². The van der Waals surface area contributed by atoms with Crippen LogP contribution in [-0.4, -0.2) is 34.5 Å². The SMILES string of the molecule is Cc1ccccc1C(=O)C1CC2CCCC(C1)N2C(=O)OC(C)(C)C. The summed E-state index contributed by atoms with van der Waals surface area (Å²) in [4.78, 5) is 27.6. The standard InChI is InChI=1S/C21H29NO3/c1-14-8-5-6-11-18(14)19(23)15-12-16-9-7-10-17(13-15)22(16)20(24)25-21(2,3)4/h5-6,8,11,15-17H,7,9-10,12-13H2,1-4H3. The number of nitrogens with zero attached hydrogens (tertiary/aromatic N) is 1. The smallest absolute Gasteiger partial charge is 0.410 e. The maximum Gasteiger partial charge on any atom is 0.410 e. The van der Waals surface area contributed by atoms with Gasteiger partial charge in [0.05, 0.1) is 0 Å². The molecule has 4 nitrogen and oxygen atoms in total. The van der Waals surface area contributed by atoms with E-state index in [2.05, 4.69) is 0 Å². The van der Waals surface area contributed by atoms with Gasteiger partial charge in [0.2, 0.25) is 0 Å². The maximum atomic E-state index is 13.0. The first-order chi connectivity index (χ1) is 11.8. The van der Waals surface area contributed by atoms with E-state index < -0.39 is 5.60 Å². The second-order valence-electron chi connectivity index (χ2n) is 8.47. The van der Waals surface area contributed by atoms with Gasteiger partial charge in [-0.25, -0.2) is 4.79 Å². The van der Waals surface area contributed by atoms with Gasteiger partial charge in [-0.2, -0.15) is 0 Å². The Morgan fingerprint density at radius 1 is 1.08 bits per heavy atom. The molecule has 136 valence electrons. The molecule has 0 aromatic heterocycles. The lowest BCUT2D eigenvalue weighted by Crippen LogP contribution is -2.56. The zero-order valence-corrected chi connectivity index (χ0v) is 15.7. The number of Topliss-reactive ketones (excluding diaryl/α,β-unsaturated/α-hetero) is 1. The van der Waals surface area contributed by atoms with Crippen LogP contribution in [0.2, 0.25) is 0 Å². The lowest BCUT2D eigenvalue weighted by molar-refractivity contribution is -0.0260. The highest BCUT2D eigenvalue weighted by Gasteiger charge is 2.44. The van der Waals surface area contributed by atoms with E-state index in [1.54, 1.807) is 0 Å². The molecular formula is C21H29NO3. The molecule has 4 heteroatoms. The van der Waals surface area contributed by atoms with Crippen LogP contribution < -0.4 is 0 Å². The van der Waals surface area contributed by atoms with Crippen LogP contribution in [0.15, 0.2) is 24.3 Å². The van der Waals surface area contributed by atoms with Gasteiger partial charge in [-0.3, -0.25) is 4.79 Å². The van der Waals surface area contributed by atoms with E-state index in [9.17, 15) is 9.59 Å². The monoisotopic (exact) mass is 343 g/mol. The summed E-state index contributed by atoms with van der Waals surface area (Å²) in [6.07, 6.45) is 4.34. The fraction of sp³-hybridized carbons (Fsp3) is 0.619. The van der Waals surface area contributed by atoms with Crippen LogP contribution >= 0.6 is 0 Å². The van der Waals surface area contributed by atoms with Gasteiger partial charge in [-0.1, -0.05) is 24.3 Å². The summed E-state index contributed by atoms with van der Waals surface area (Å²) >= 11 is 0. The molecule has 0 aliphatic carbocycles. The number of carbonyl (C=O) groups excluding carboxylic acids is 2. The molecule has 2 saturated heterocycles. The highest BCUT2D eigenvalue weighted by atomic mass is 16.6. The number of carbonyl (C=O) groups is 2. The van der Waals surface area contributed by atoms with Gasteiger partial charge in [0.1, 0.15) is 5.60 Å². The minimum Gasteiger partial charge on any atom is -0.444 e. The molecule has 2 aliphatic heterocycles. The van der Waals surface area contributed by atoms with E-state index >= 15 is 0 Å². The Bertz CT molecular complexity index is 647. The zero-order valence-electron chi connectivity index (χ0n) is 15.7. The van der Waals surface area contributed by atoms with Crippen LogP contribution in [0.5, 0.6) is 0 Å². The van der Waals surface area contributed by atoms with Gasteiger partial charge in [0, 0.05) is 23.6 Å². The number of benzene rings is 1. The summed E-state index contributed by atoms with van der Waals surface area (Å²) in [7, 11) is 0. The summed E-state index contributed by atoms with van der Waals surface area (Å²) in [6.45, 7) is 7.68. The summed E-state index contributed by atoms with van der Waals surface area (Å²) in [6, 6.07) is 8.06. The molecule has 0 spiro atoms. The van der Waals surface area contributed by atoms with E-state index in [0.717, 1.165) is 43.2 Å². The van der Waals surface area contributed by atoms with E-state index in [1.807, 2.05) is 56.9 Å². The number of aryl methyl sites for hydroxylation is 1. The summed E-state index contributed by atoms with van der Waals surface area (Å²) in [5, 5.41) is 0. The first-order valence-corrected chi connectivity index (χ1v) is 9.37. The van der Waals surface area contributed by atoms with Gasteiger partial charge < -0.3 is 9.64 Å². The third-order valence-electron chi connectivity index (χ3n) is 5.36. The van der Waals surface area contributed by atoms with Crippen molar-refractivity contribution in [1.29, 1.82) is 0 Å². The predicted octanol–water partition coefficient (Wildman–Crippen LogP) is 4.75. The Labute approximate surface area is 150 Å². The molecule has 25 heavy (non-hydrogen) atoms. The zero-order chi connectivity index (χ0) is 18.2. The first-order valence-electron chi connectivity index (χ1n) is 9.37. The molecule has 0 radical (unpaired) electrons. The second-order valence-corrected chi connectivity index (χ2v) is 8.47. The molecular weight excluding hydrogens is 314 g/mol. The van der Waals surface area contributed by atoms with Gasteiger partial charge in [-0.05, 0) is 65.4 Å². The van der Waals surface area contributed by atoms with Gasteiger partial charge in [0.25, 0.3) is 0 Å². The van der Waals surface area contributed by atoms with Gasteiger partial charge in [0.15, 0.2) is 5.78 Å². The van der Waals surface area contributed by atoms with Crippen LogP contribution in [0.1, 0.15) is 68.8 Å². The third kappa shape index (κ3) is 3.88. The first kappa shape index (κ1) is 18.0. The minimum atomic E-state index is -0.487. The van der Waals surface area contributed by atoms with Crippen LogP contribution in [0.4, 0.5) is 4.79 Å². The van der Waals surface area contributed by atoms with Crippen molar-refractivity contribution in [1.82, 2.24) is 4.90 Å². The van der Waals surface area contributed by atoms with Crippen LogP contribution in [0, 0.1) is 12.8 Å². The summed E-state index contributed by atoms with van der Waals surface area (Å²) < 4.78 is 5.62. The number of ether oxygens (including phenoxy) is 1. The molecule has 2 bridgehead atoms. The molecule has 2 fully saturated rings. The molecule has 2 atom stereocenters. The topological polar surface area (TPSA) is 46.6 Å². The van der Waals surface area contributed by atoms with Crippen molar-refractivity contribution in [3.05, 3.63) is 35.4 Å². The molecule has 2 unspecified atom stereocenters. The van der Waals surface area contributed by atoms with Gasteiger partial charge >= 0.3 is 6.09 Å². The van der Waals surface area contributed by atoms with Crippen LogP contribution in [0.25, 0.3) is 0 Å². The number of amides is 1. The lowest BCUT2D eigenvalue weighted by atomic mass is 9.75. The van der Waals surface area contributed by atoms with Crippen molar-refractivity contribution in [2.24, 2.45) is 5.92 Å². The lowest BCUT2D eigenvalue weighted by Gasteiger charge is -2.48. The van der Waals surface area contributed by atoms with Crippen molar-refractivity contribution < 1.29 is 14.3 Å². The second kappa shape index (κ2) is 6.81. The average molecular weight is 343 g/mol. The van der Waals surface area contributed by atoms with Crippen molar-refractivity contribution in [2.75, 3.05) is 0 Å². The molecule has 0 N–H and O–H groups in total. The van der Waals surface area contributed by atoms with Crippen molar-refractivity contribution in [3.8, 4) is 0 Å². The molecule has 2 heterocycles. The highest BCUT2D eigenvalue weighted by molar-refractivity contribution is 5.99. The third-order valence-corrected chi connectivity index (χ3v) is 5.36. The summed E-state index contributed by atoms with van der Waals surface area (Å²) in [5.74, 6) is 0.244. The Kier molecular flexibility index (Phi) is 4.90. The Balaban J connectivity index is 1.76. The van der Waals surface area contributed by atoms with E-state index in [0.29, 0.717) is 0 Å². The summed E-state index contributed by atoms with van der Waals surface area (Å²) in [5.41, 5.74) is 1.38. The number of fused-ring (bicyclic) bond motifs is 2. The van der Waals surface area contributed by atoms with Crippen molar-refractivity contribution in [2.45, 2.75) is 77.5 Å². The number of ketones is 1. The molecule has 2 aliphatic rings. The van der Waals surface area contributed by atoms with E-state index in [-0.39, 0.29) is 29.9 Å². The van der Waals surface area contributed by atoms with Crippen molar-refractivity contribution in [3.63, 3.8) is 0 Å². The quantitative estimate of drug-likeness (QED) is 0.728. The normalized spacial score (nSPS) is 26.2. The average Bonchev–Trinajstić information content (AvgIpc) is 2.51. The molecule has 3 rings (SSSR count).